The fourth-order valence-electron chi connectivity index (χ4n) is 2.13. The van der Waals surface area contributed by atoms with Crippen LogP contribution in [0.15, 0.2) is 42.5 Å². The standard InChI is InChI=1S/C17H19NO/c1-3-13-7-9-14(10-8-13)11-17(19)15-5-4-6-16(18)12(15)2/h4-10H,3,11,18H2,1-2H3. The fourth-order valence-corrected chi connectivity index (χ4v) is 2.13. The van der Waals surface area contributed by atoms with Gasteiger partial charge in [-0.2, -0.15) is 0 Å². The zero-order valence-corrected chi connectivity index (χ0v) is 11.4. The molecule has 2 nitrogen and oxygen atoms in total. The van der Waals surface area contributed by atoms with Gasteiger partial charge >= 0.3 is 0 Å². The van der Waals surface area contributed by atoms with E-state index < -0.39 is 0 Å². The van der Waals surface area contributed by atoms with Crippen LogP contribution in [0.1, 0.15) is 34.0 Å². The summed E-state index contributed by atoms with van der Waals surface area (Å²) < 4.78 is 0. The first-order valence-corrected chi connectivity index (χ1v) is 6.58. The van der Waals surface area contributed by atoms with E-state index in [1.165, 1.54) is 5.56 Å². The van der Waals surface area contributed by atoms with Crippen molar-refractivity contribution in [1.82, 2.24) is 0 Å². The van der Waals surface area contributed by atoms with E-state index in [-0.39, 0.29) is 5.78 Å². The topological polar surface area (TPSA) is 43.1 Å². The third kappa shape index (κ3) is 3.02. The van der Waals surface area contributed by atoms with E-state index in [2.05, 4.69) is 19.1 Å². The molecule has 0 aliphatic carbocycles. The Hall–Kier alpha value is -2.09. The molecule has 0 spiro atoms. The summed E-state index contributed by atoms with van der Waals surface area (Å²) in [6.07, 6.45) is 1.44. The maximum absolute atomic E-state index is 12.3. The molecule has 0 fully saturated rings. The monoisotopic (exact) mass is 253 g/mol. The molecule has 0 aromatic heterocycles. The normalized spacial score (nSPS) is 10.4. The Morgan fingerprint density at radius 1 is 1.05 bits per heavy atom. The average molecular weight is 253 g/mol. The van der Waals surface area contributed by atoms with Gasteiger partial charge in [-0.25, -0.2) is 0 Å². The van der Waals surface area contributed by atoms with Crippen LogP contribution >= 0.6 is 0 Å². The Morgan fingerprint density at radius 3 is 2.32 bits per heavy atom. The second-order valence-electron chi connectivity index (χ2n) is 4.79. The number of hydrogen-bond donors (Lipinski definition) is 1. The zero-order valence-electron chi connectivity index (χ0n) is 11.4. The Balaban J connectivity index is 2.18. The lowest BCUT2D eigenvalue weighted by atomic mass is 9.97. The maximum Gasteiger partial charge on any atom is 0.167 e. The molecule has 98 valence electrons. The Kier molecular flexibility index (Phi) is 4.00. The van der Waals surface area contributed by atoms with E-state index in [0.29, 0.717) is 12.1 Å². The number of carbonyl (C=O) groups is 1. The van der Waals surface area contributed by atoms with Crippen LogP contribution in [0.5, 0.6) is 0 Å². The minimum absolute atomic E-state index is 0.119. The number of rotatable bonds is 4. The molecule has 0 saturated heterocycles. The van der Waals surface area contributed by atoms with Crippen molar-refractivity contribution in [3.8, 4) is 0 Å². The highest BCUT2D eigenvalue weighted by Gasteiger charge is 2.11. The molecule has 2 rings (SSSR count). The van der Waals surface area contributed by atoms with Gasteiger partial charge in [0.25, 0.3) is 0 Å². The molecule has 0 atom stereocenters. The number of nitrogens with two attached hydrogens (primary N) is 1. The van der Waals surface area contributed by atoms with Crippen LogP contribution in [0.2, 0.25) is 0 Å². The van der Waals surface area contributed by atoms with Crippen molar-refractivity contribution in [2.24, 2.45) is 0 Å². The molecule has 19 heavy (non-hydrogen) atoms. The summed E-state index contributed by atoms with van der Waals surface area (Å²) in [7, 11) is 0. The Labute approximate surface area is 114 Å². The first-order chi connectivity index (χ1) is 9.11. The van der Waals surface area contributed by atoms with Gasteiger partial charge in [0.1, 0.15) is 0 Å². The molecule has 0 heterocycles. The zero-order chi connectivity index (χ0) is 13.8. The van der Waals surface area contributed by atoms with Crippen molar-refractivity contribution in [3.63, 3.8) is 0 Å². The molecule has 0 aliphatic heterocycles. The third-order valence-corrected chi connectivity index (χ3v) is 3.47. The van der Waals surface area contributed by atoms with Gasteiger partial charge in [0.15, 0.2) is 5.78 Å². The summed E-state index contributed by atoms with van der Waals surface area (Å²) in [5.74, 6) is 0.119. The van der Waals surface area contributed by atoms with Crippen LogP contribution in [0.3, 0.4) is 0 Å². The number of aryl methyl sites for hydroxylation is 1. The number of carbonyl (C=O) groups excluding carboxylic acids is 1. The molecule has 0 radical (unpaired) electrons. The van der Waals surface area contributed by atoms with Crippen molar-refractivity contribution in [3.05, 3.63) is 64.7 Å². The predicted molar refractivity (Wildman–Crippen MR) is 79.4 cm³/mol. The summed E-state index contributed by atoms with van der Waals surface area (Å²) in [5.41, 5.74) is 10.4. The molecule has 2 heteroatoms. The van der Waals surface area contributed by atoms with Gasteiger partial charge in [-0.15, -0.1) is 0 Å². The van der Waals surface area contributed by atoms with Crippen molar-refractivity contribution in [2.75, 3.05) is 5.73 Å². The van der Waals surface area contributed by atoms with Gasteiger partial charge < -0.3 is 5.73 Å². The minimum atomic E-state index is 0.119. The van der Waals surface area contributed by atoms with Crippen molar-refractivity contribution in [1.29, 1.82) is 0 Å². The second kappa shape index (κ2) is 5.70. The van der Waals surface area contributed by atoms with Crippen LogP contribution in [0, 0.1) is 6.92 Å². The van der Waals surface area contributed by atoms with Crippen LogP contribution in [0.4, 0.5) is 5.69 Å². The third-order valence-electron chi connectivity index (χ3n) is 3.47. The van der Waals surface area contributed by atoms with Crippen molar-refractivity contribution < 1.29 is 4.79 Å². The second-order valence-corrected chi connectivity index (χ2v) is 4.79. The molecule has 0 bridgehead atoms. The molecular formula is C17H19NO. The highest BCUT2D eigenvalue weighted by Crippen LogP contribution is 2.18. The van der Waals surface area contributed by atoms with Gasteiger partial charge in [0.2, 0.25) is 0 Å². The first-order valence-electron chi connectivity index (χ1n) is 6.58. The molecule has 0 amide bonds. The molecular weight excluding hydrogens is 234 g/mol. The number of hydrogen-bond acceptors (Lipinski definition) is 2. The molecule has 0 saturated carbocycles. The number of ketones is 1. The van der Waals surface area contributed by atoms with Gasteiger partial charge in [-0.05, 0) is 36.1 Å². The lowest BCUT2D eigenvalue weighted by molar-refractivity contribution is 0.0992. The summed E-state index contributed by atoms with van der Waals surface area (Å²) in [6.45, 7) is 4.01. The van der Waals surface area contributed by atoms with E-state index in [1.807, 2.05) is 37.3 Å². The molecule has 2 N–H and O–H groups in total. The number of Topliss-reactive ketones (excluding diaryl/α,β-unsaturated/α-hetero) is 1. The van der Waals surface area contributed by atoms with Crippen LogP contribution in [-0.2, 0) is 12.8 Å². The molecule has 0 aliphatic rings. The lowest BCUT2D eigenvalue weighted by Gasteiger charge is -2.08. The van der Waals surface area contributed by atoms with Crippen LogP contribution < -0.4 is 5.73 Å². The van der Waals surface area contributed by atoms with Gasteiger partial charge in [-0.3, -0.25) is 4.79 Å². The number of anilines is 1. The minimum Gasteiger partial charge on any atom is -0.398 e. The Bertz CT molecular complexity index is 585. The molecule has 2 aromatic carbocycles. The lowest BCUT2D eigenvalue weighted by Crippen LogP contribution is -2.07. The van der Waals surface area contributed by atoms with Gasteiger partial charge in [0.05, 0.1) is 0 Å². The summed E-state index contributed by atoms with van der Waals surface area (Å²) in [6, 6.07) is 13.7. The van der Waals surface area contributed by atoms with Crippen molar-refractivity contribution in [2.45, 2.75) is 26.7 Å². The van der Waals surface area contributed by atoms with Gasteiger partial charge in [-0.1, -0.05) is 43.3 Å². The predicted octanol–water partition coefficient (Wildman–Crippen LogP) is 3.57. The smallest absolute Gasteiger partial charge is 0.167 e. The highest BCUT2D eigenvalue weighted by molar-refractivity contribution is 5.99. The summed E-state index contributed by atoms with van der Waals surface area (Å²) in [4.78, 5) is 12.3. The highest BCUT2D eigenvalue weighted by atomic mass is 16.1. The molecule has 0 unspecified atom stereocenters. The SMILES string of the molecule is CCc1ccc(CC(=O)c2cccc(N)c2C)cc1. The van der Waals surface area contributed by atoms with E-state index in [1.54, 1.807) is 0 Å². The quantitative estimate of drug-likeness (QED) is 0.668. The largest absolute Gasteiger partial charge is 0.398 e. The van der Waals surface area contributed by atoms with E-state index in [4.69, 9.17) is 5.73 Å². The van der Waals surface area contributed by atoms with E-state index >= 15 is 0 Å². The summed E-state index contributed by atoms with van der Waals surface area (Å²) in [5, 5.41) is 0. The van der Waals surface area contributed by atoms with Crippen LogP contribution in [0.25, 0.3) is 0 Å². The van der Waals surface area contributed by atoms with E-state index in [0.717, 1.165) is 23.1 Å². The number of benzene rings is 2. The maximum atomic E-state index is 12.3. The summed E-state index contributed by atoms with van der Waals surface area (Å²) >= 11 is 0. The fraction of sp³-hybridized carbons (Fsp3) is 0.235. The van der Waals surface area contributed by atoms with Gasteiger partial charge in [0, 0.05) is 17.7 Å². The van der Waals surface area contributed by atoms with Crippen molar-refractivity contribution >= 4 is 11.5 Å². The number of nitrogen functional groups attached to an aromatic ring is 1. The average Bonchev–Trinajstić information content (AvgIpc) is 2.42. The Morgan fingerprint density at radius 2 is 1.68 bits per heavy atom. The molecule has 2 aromatic rings. The van der Waals surface area contributed by atoms with E-state index in [9.17, 15) is 4.79 Å². The first kappa shape index (κ1) is 13.3. The van der Waals surface area contributed by atoms with Crippen LogP contribution in [-0.4, -0.2) is 5.78 Å².